The van der Waals surface area contributed by atoms with E-state index in [2.05, 4.69) is 6.58 Å². The zero-order valence-corrected chi connectivity index (χ0v) is 19.3. The molecule has 0 spiro atoms. The Labute approximate surface area is 190 Å². The van der Waals surface area contributed by atoms with Gasteiger partial charge in [0, 0.05) is 0 Å². The van der Waals surface area contributed by atoms with Crippen LogP contribution in [0.4, 0.5) is 0 Å². The quantitative estimate of drug-likeness (QED) is 0.355. The van der Waals surface area contributed by atoms with Crippen LogP contribution in [0.5, 0.6) is 0 Å². The standard InChI is InChI=1S/C25H34O7/c1-6-20(24(27)28-5)15-25(4,16-22(26)29-7-2)32-23-14-13-21(18(3)31-23)30-17-19-11-9-8-10-12-19/h6,8-14,18,20-21,23H,1,7,15-17H2,2-5H3/t18-,20-,21-,23-,25+/m0/s1. The number of rotatable bonds is 12. The van der Waals surface area contributed by atoms with Gasteiger partial charge in [-0.05, 0) is 38.8 Å². The van der Waals surface area contributed by atoms with Crippen molar-refractivity contribution in [1.29, 1.82) is 0 Å². The molecule has 0 unspecified atom stereocenters. The van der Waals surface area contributed by atoms with E-state index in [1.807, 2.05) is 43.3 Å². The molecule has 5 atom stereocenters. The molecule has 7 heteroatoms. The van der Waals surface area contributed by atoms with Gasteiger partial charge in [-0.25, -0.2) is 0 Å². The molecule has 1 aromatic rings. The molecule has 0 aliphatic carbocycles. The molecule has 0 amide bonds. The van der Waals surface area contributed by atoms with Crippen molar-refractivity contribution in [2.45, 2.75) is 64.3 Å². The van der Waals surface area contributed by atoms with Crippen molar-refractivity contribution in [2.75, 3.05) is 13.7 Å². The van der Waals surface area contributed by atoms with E-state index < -0.39 is 29.7 Å². The first kappa shape index (κ1) is 25.8. The maximum absolute atomic E-state index is 12.2. The molecule has 0 bridgehead atoms. The summed E-state index contributed by atoms with van der Waals surface area (Å²) in [5.41, 5.74) is 0.0398. The van der Waals surface area contributed by atoms with E-state index in [1.54, 1.807) is 19.9 Å². The minimum absolute atomic E-state index is 0.0435. The molecule has 1 aromatic carbocycles. The van der Waals surface area contributed by atoms with Crippen molar-refractivity contribution >= 4 is 11.9 Å². The molecule has 0 fully saturated rings. The molecule has 0 radical (unpaired) electrons. The lowest BCUT2D eigenvalue weighted by atomic mass is 9.88. The topological polar surface area (TPSA) is 80.3 Å². The van der Waals surface area contributed by atoms with Crippen molar-refractivity contribution in [3.63, 3.8) is 0 Å². The van der Waals surface area contributed by atoms with Gasteiger partial charge in [0.2, 0.25) is 0 Å². The summed E-state index contributed by atoms with van der Waals surface area (Å²) in [7, 11) is 1.31. The Morgan fingerprint density at radius 3 is 2.56 bits per heavy atom. The molecular formula is C25H34O7. The molecule has 0 saturated heterocycles. The first-order valence-electron chi connectivity index (χ1n) is 10.8. The lowest BCUT2D eigenvalue weighted by Gasteiger charge is -2.37. The van der Waals surface area contributed by atoms with Crippen LogP contribution >= 0.6 is 0 Å². The van der Waals surface area contributed by atoms with Crippen molar-refractivity contribution in [3.05, 3.63) is 60.7 Å². The Morgan fingerprint density at radius 1 is 1.25 bits per heavy atom. The van der Waals surface area contributed by atoms with Gasteiger partial charge in [-0.3, -0.25) is 9.59 Å². The second kappa shape index (κ2) is 12.5. The second-order valence-corrected chi connectivity index (χ2v) is 7.97. The monoisotopic (exact) mass is 446 g/mol. The average molecular weight is 447 g/mol. The fourth-order valence-electron chi connectivity index (χ4n) is 3.56. The van der Waals surface area contributed by atoms with Gasteiger partial charge in [0.05, 0.1) is 44.4 Å². The molecule has 1 aliphatic heterocycles. The SMILES string of the molecule is C=C[C@@H](C[C@](C)(CC(=O)OCC)O[C@H]1C=C[C@H](OCc2ccccc2)[C@H](C)O1)C(=O)OC. The highest BCUT2D eigenvalue weighted by atomic mass is 16.7. The molecule has 1 heterocycles. The summed E-state index contributed by atoms with van der Waals surface area (Å²) in [4.78, 5) is 24.3. The molecule has 0 aromatic heterocycles. The van der Waals surface area contributed by atoms with Gasteiger partial charge in [0.15, 0.2) is 6.29 Å². The average Bonchev–Trinajstić information content (AvgIpc) is 2.77. The highest BCUT2D eigenvalue weighted by Crippen LogP contribution is 2.31. The highest BCUT2D eigenvalue weighted by Gasteiger charge is 2.38. The zero-order chi connectivity index (χ0) is 23.6. The third-order valence-electron chi connectivity index (χ3n) is 5.22. The Morgan fingerprint density at radius 2 is 1.97 bits per heavy atom. The summed E-state index contributed by atoms with van der Waals surface area (Å²) in [6.07, 6.45) is 4.10. The predicted molar refractivity (Wildman–Crippen MR) is 120 cm³/mol. The molecular weight excluding hydrogens is 412 g/mol. The van der Waals surface area contributed by atoms with Gasteiger partial charge in [0.1, 0.15) is 6.10 Å². The fraction of sp³-hybridized carbons (Fsp3) is 0.520. The van der Waals surface area contributed by atoms with Crippen LogP contribution in [-0.2, 0) is 39.9 Å². The van der Waals surface area contributed by atoms with E-state index in [9.17, 15) is 9.59 Å². The third-order valence-corrected chi connectivity index (χ3v) is 5.22. The number of ether oxygens (including phenoxy) is 5. The predicted octanol–water partition coefficient (Wildman–Crippen LogP) is 3.97. The van der Waals surface area contributed by atoms with Crippen LogP contribution < -0.4 is 0 Å². The number of hydrogen-bond donors (Lipinski definition) is 0. The Kier molecular flexibility index (Phi) is 10.1. The smallest absolute Gasteiger partial charge is 0.312 e. The van der Waals surface area contributed by atoms with Crippen LogP contribution in [0.15, 0.2) is 55.1 Å². The van der Waals surface area contributed by atoms with Gasteiger partial charge in [-0.2, -0.15) is 0 Å². The molecule has 2 rings (SSSR count). The van der Waals surface area contributed by atoms with Gasteiger partial charge in [-0.15, -0.1) is 6.58 Å². The summed E-state index contributed by atoms with van der Waals surface area (Å²) in [5, 5.41) is 0. The summed E-state index contributed by atoms with van der Waals surface area (Å²) in [5.74, 6) is -1.49. The Bertz CT molecular complexity index is 776. The normalized spacial score (nSPS) is 23.1. The lowest BCUT2D eigenvalue weighted by molar-refractivity contribution is -0.226. The van der Waals surface area contributed by atoms with Crippen LogP contribution in [-0.4, -0.2) is 49.8 Å². The van der Waals surface area contributed by atoms with E-state index in [-0.39, 0.29) is 31.7 Å². The third kappa shape index (κ3) is 7.89. The largest absolute Gasteiger partial charge is 0.469 e. The lowest BCUT2D eigenvalue weighted by Crippen LogP contribution is -2.43. The summed E-state index contributed by atoms with van der Waals surface area (Å²) < 4.78 is 28.1. The molecule has 0 saturated carbocycles. The number of benzene rings is 1. The number of hydrogen-bond acceptors (Lipinski definition) is 7. The summed E-state index contributed by atoms with van der Waals surface area (Å²) >= 11 is 0. The van der Waals surface area contributed by atoms with E-state index in [4.69, 9.17) is 23.7 Å². The molecule has 176 valence electrons. The maximum Gasteiger partial charge on any atom is 0.312 e. The van der Waals surface area contributed by atoms with Gasteiger partial charge < -0.3 is 23.7 Å². The van der Waals surface area contributed by atoms with Gasteiger partial charge in [0.25, 0.3) is 0 Å². The minimum atomic E-state index is -1.04. The summed E-state index contributed by atoms with van der Waals surface area (Å²) in [6.45, 7) is 9.83. The van der Waals surface area contributed by atoms with Crippen LogP contribution in [0, 0.1) is 5.92 Å². The van der Waals surface area contributed by atoms with Gasteiger partial charge >= 0.3 is 11.9 Å². The van der Waals surface area contributed by atoms with E-state index in [0.29, 0.717) is 6.61 Å². The van der Waals surface area contributed by atoms with Crippen molar-refractivity contribution in [2.24, 2.45) is 5.92 Å². The highest BCUT2D eigenvalue weighted by molar-refractivity contribution is 5.75. The number of carbonyl (C=O) groups excluding carboxylic acids is 2. The van der Waals surface area contributed by atoms with Crippen LogP contribution in [0.2, 0.25) is 0 Å². The van der Waals surface area contributed by atoms with Crippen LogP contribution in [0.25, 0.3) is 0 Å². The van der Waals surface area contributed by atoms with E-state index in [1.165, 1.54) is 13.2 Å². The number of esters is 2. The maximum atomic E-state index is 12.2. The summed E-state index contributed by atoms with van der Waals surface area (Å²) in [6, 6.07) is 9.90. The van der Waals surface area contributed by atoms with E-state index >= 15 is 0 Å². The second-order valence-electron chi connectivity index (χ2n) is 7.97. The molecule has 1 aliphatic rings. The first-order chi connectivity index (χ1) is 15.3. The number of methoxy groups -OCH3 is 1. The van der Waals surface area contributed by atoms with Crippen molar-refractivity contribution in [1.82, 2.24) is 0 Å². The van der Waals surface area contributed by atoms with Crippen molar-refractivity contribution < 1.29 is 33.3 Å². The Hall–Kier alpha value is -2.48. The minimum Gasteiger partial charge on any atom is -0.469 e. The molecule has 7 nitrogen and oxygen atoms in total. The van der Waals surface area contributed by atoms with Gasteiger partial charge in [-0.1, -0.05) is 42.5 Å². The zero-order valence-electron chi connectivity index (χ0n) is 19.3. The van der Waals surface area contributed by atoms with Crippen LogP contribution in [0.1, 0.15) is 39.2 Å². The Balaban J connectivity index is 2.06. The number of carbonyl (C=O) groups is 2. The van der Waals surface area contributed by atoms with Crippen molar-refractivity contribution in [3.8, 4) is 0 Å². The fourth-order valence-corrected chi connectivity index (χ4v) is 3.56. The molecule has 0 N–H and O–H groups in total. The molecule has 32 heavy (non-hydrogen) atoms. The van der Waals surface area contributed by atoms with E-state index in [0.717, 1.165) is 5.56 Å². The van der Waals surface area contributed by atoms with Crippen LogP contribution in [0.3, 0.4) is 0 Å². The first-order valence-corrected chi connectivity index (χ1v) is 10.8.